The van der Waals surface area contributed by atoms with Crippen LogP contribution < -0.4 is 0 Å². The minimum absolute atomic E-state index is 0.00204. The van der Waals surface area contributed by atoms with E-state index in [4.69, 9.17) is 0 Å². The van der Waals surface area contributed by atoms with Crippen molar-refractivity contribution in [3.8, 4) is 22.9 Å². The Kier molecular flexibility index (Phi) is 2.82. The average molecular weight is 269 g/mol. The van der Waals surface area contributed by atoms with Gasteiger partial charge in [0, 0.05) is 18.3 Å². The molecule has 5 nitrogen and oxygen atoms in total. The molecule has 20 heavy (non-hydrogen) atoms. The van der Waals surface area contributed by atoms with Crippen molar-refractivity contribution in [2.24, 2.45) is 0 Å². The number of hydrogen-bond donors (Lipinski definition) is 2. The van der Waals surface area contributed by atoms with E-state index in [2.05, 4.69) is 9.97 Å². The maximum Gasteiger partial charge on any atom is 0.160 e. The van der Waals surface area contributed by atoms with Gasteiger partial charge in [0.05, 0.1) is 5.56 Å². The molecule has 2 aromatic heterocycles. The van der Waals surface area contributed by atoms with Crippen LogP contribution >= 0.6 is 0 Å². The first kappa shape index (κ1) is 12.5. The molecule has 5 heteroatoms. The summed E-state index contributed by atoms with van der Waals surface area (Å²) in [6, 6.07) is 8.38. The maximum absolute atomic E-state index is 10.0. The average Bonchev–Trinajstić information content (AvgIpc) is 2.77. The van der Waals surface area contributed by atoms with Crippen LogP contribution in [0.5, 0.6) is 11.5 Å². The van der Waals surface area contributed by atoms with Gasteiger partial charge in [0.15, 0.2) is 5.65 Å². The van der Waals surface area contributed by atoms with E-state index in [9.17, 15) is 10.2 Å². The van der Waals surface area contributed by atoms with E-state index >= 15 is 0 Å². The van der Waals surface area contributed by atoms with Gasteiger partial charge in [-0.3, -0.25) is 0 Å². The number of aromatic nitrogens is 3. The van der Waals surface area contributed by atoms with Gasteiger partial charge in [0.25, 0.3) is 0 Å². The third kappa shape index (κ3) is 1.87. The molecule has 0 radical (unpaired) electrons. The summed E-state index contributed by atoms with van der Waals surface area (Å²) in [6.45, 7) is 4.08. The number of rotatable bonds is 2. The summed E-state index contributed by atoms with van der Waals surface area (Å²) in [5, 5.41) is 19.4. The highest BCUT2D eigenvalue weighted by molar-refractivity contribution is 5.79. The summed E-state index contributed by atoms with van der Waals surface area (Å²) >= 11 is 0. The summed E-state index contributed by atoms with van der Waals surface area (Å²) in [5.74, 6) is 0.671. The molecule has 0 aliphatic carbocycles. The minimum atomic E-state index is 0.00204. The molecule has 0 amide bonds. The quantitative estimate of drug-likeness (QED) is 0.750. The molecule has 2 N–H and O–H groups in total. The standard InChI is InChI=1S/C15H15N3O2/c1-9(2)18-14(11-6-5-10(19)8-13(11)20)17-12-4-3-7-16-15(12)18/h3-9,19-20H,1-2H3. The number of phenols is 2. The zero-order valence-corrected chi connectivity index (χ0v) is 11.3. The second-order valence-electron chi connectivity index (χ2n) is 4.95. The molecule has 3 rings (SSSR count). The number of pyridine rings is 1. The smallest absolute Gasteiger partial charge is 0.160 e. The van der Waals surface area contributed by atoms with E-state index in [0.29, 0.717) is 11.4 Å². The van der Waals surface area contributed by atoms with Gasteiger partial charge >= 0.3 is 0 Å². The lowest BCUT2D eigenvalue weighted by Gasteiger charge is -2.13. The Balaban J connectivity index is 2.32. The van der Waals surface area contributed by atoms with E-state index in [0.717, 1.165) is 11.2 Å². The van der Waals surface area contributed by atoms with Crippen LogP contribution in [0.15, 0.2) is 36.5 Å². The lowest BCUT2D eigenvalue weighted by molar-refractivity contribution is 0.451. The number of nitrogens with zero attached hydrogens (tertiary/aromatic N) is 3. The van der Waals surface area contributed by atoms with Gasteiger partial charge in [0.1, 0.15) is 22.8 Å². The fourth-order valence-electron chi connectivity index (χ4n) is 2.32. The van der Waals surface area contributed by atoms with Crippen LogP contribution in [-0.2, 0) is 0 Å². The number of fused-ring (bicyclic) bond motifs is 1. The SMILES string of the molecule is CC(C)n1c(-c2ccc(O)cc2O)nc2cccnc21. The second-order valence-corrected chi connectivity index (χ2v) is 4.95. The van der Waals surface area contributed by atoms with Gasteiger partial charge in [-0.25, -0.2) is 9.97 Å². The number of phenolic OH excluding ortho intramolecular Hbond substituents is 2. The predicted molar refractivity (Wildman–Crippen MR) is 76.7 cm³/mol. The Morgan fingerprint density at radius 3 is 2.65 bits per heavy atom. The van der Waals surface area contributed by atoms with Gasteiger partial charge < -0.3 is 14.8 Å². The third-order valence-electron chi connectivity index (χ3n) is 3.19. The first-order valence-corrected chi connectivity index (χ1v) is 6.43. The highest BCUT2D eigenvalue weighted by Crippen LogP contribution is 2.34. The van der Waals surface area contributed by atoms with Crippen LogP contribution in [-0.4, -0.2) is 24.7 Å². The second kappa shape index (κ2) is 4.52. The monoisotopic (exact) mass is 269 g/mol. The van der Waals surface area contributed by atoms with Gasteiger partial charge in [-0.2, -0.15) is 0 Å². The molecule has 1 aromatic carbocycles. The zero-order valence-electron chi connectivity index (χ0n) is 11.3. The van der Waals surface area contributed by atoms with E-state index in [-0.39, 0.29) is 17.5 Å². The molecule has 0 saturated heterocycles. The lowest BCUT2D eigenvalue weighted by Crippen LogP contribution is -2.04. The summed E-state index contributed by atoms with van der Waals surface area (Å²) < 4.78 is 1.97. The molecule has 3 aromatic rings. The van der Waals surface area contributed by atoms with Crippen molar-refractivity contribution in [3.63, 3.8) is 0 Å². The first-order chi connectivity index (χ1) is 9.58. The number of imidazole rings is 1. The molecule has 0 unspecified atom stereocenters. The molecule has 0 bridgehead atoms. The van der Waals surface area contributed by atoms with Crippen LogP contribution in [0.3, 0.4) is 0 Å². The Hall–Kier alpha value is -2.56. The Labute approximate surface area is 116 Å². The van der Waals surface area contributed by atoms with Crippen LogP contribution in [0.4, 0.5) is 0 Å². The number of aromatic hydroxyl groups is 2. The molecule has 0 spiro atoms. The van der Waals surface area contributed by atoms with Gasteiger partial charge in [0.2, 0.25) is 0 Å². The molecule has 0 atom stereocenters. The van der Waals surface area contributed by atoms with E-state index in [1.165, 1.54) is 12.1 Å². The normalized spacial score (nSPS) is 11.3. The van der Waals surface area contributed by atoms with Crippen molar-refractivity contribution in [1.29, 1.82) is 0 Å². The third-order valence-corrected chi connectivity index (χ3v) is 3.19. The molecule has 0 aliphatic heterocycles. The van der Waals surface area contributed by atoms with E-state index in [1.54, 1.807) is 12.3 Å². The number of hydrogen-bond acceptors (Lipinski definition) is 4. The van der Waals surface area contributed by atoms with Gasteiger partial charge in [-0.1, -0.05) is 0 Å². The fourth-order valence-corrected chi connectivity index (χ4v) is 2.32. The van der Waals surface area contributed by atoms with Crippen molar-refractivity contribution in [2.75, 3.05) is 0 Å². The van der Waals surface area contributed by atoms with Gasteiger partial charge in [-0.15, -0.1) is 0 Å². The molecular weight excluding hydrogens is 254 g/mol. The highest BCUT2D eigenvalue weighted by atomic mass is 16.3. The molecule has 0 saturated carbocycles. The summed E-state index contributed by atoms with van der Waals surface area (Å²) in [4.78, 5) is 8.92. The largest absolute Gasteiger partial charge is 0.508 e. The van der Waals surface area contributed by atoms with Crippen LogP contribution in [0.1, 0.15) is 19.9 Å². The molecule has 102 valence electrons. The summed E-state index contributed by atoms with van der Waals surface area (Å²) in [6.07, 6.45) is 1.73. The predicted octanol–water partition coefficient (Wildman–Crippen LogP) is 3.09. The fraction of sp³-hybridized carbons (Fsp3) is 0.200. The Morgan fingerprint density at radius 1 is 1.15 bits per heavy atom. The Morgan fingerprint density at radius 2 is 1.95 bits per heavy atom. The van der Waals surface area contributed by atoms with E-state index < -0.39 is 0 Å². The van der Waals surface area contributed by atoms with Gasteiger partial charge in [-0.05, 0) is 38.1 Å². The highest BCUT2D eigenvalue weighted by Gasteiger charge is 2.18. The van der Waals surface area contributed by atoms with Crippen molar-refractivity contribution in [3.05, 3.63) is 36.5 Å². The molecule has 2 heterocycles. The minimum Gasteiger partial charge on any atom is -0.508 e. The molecule has 0 fully saturated rings. The van der Waals surface area contributed by atoms with E-state index in [1.807, 2.05) is 30.5 Å². The van der Waals surface area contributed by atoms with Crippen LogP contribution in [0, 0.1) is 0 Å². The van der Waals surface area contributed by atoms with Crippen LogP contribution in [0.25, 0.3) is 22.6 Å². The van der Waals surface area contributed by atoms with Crippen molar-refractivity contribution >= 4 is 11.2 Å². The van der Waals surface area contributed by atoms with Crippen molar-refractivity contribution < 1.29 is 10.2 Å². The zero-order chi connectivity index (χ0) is 14.3. The van der Waals surface area contributed by atoms with Crippen molar-refractivity contribution in [2.45, 2.75) is 19.9 Å². The lowest BCUT2D eigenvalue weighted by atomic mass is 10.1. The Bertz CT molecular complexity index is 778. The number of benzene rings is 1. The summed E-state index contributed by atoms with van der Waals surface area (Å²) in [7, 11) is 0. The maximum atomic E-state index is 10.0. The molecule has 0 aliphatic rings. The summed E-state index contributed by atoms with van der Waals surface area (Å²) in [5.41, 5.74) is 2.14. The van der Waals surface area contributed by atoms with Crippen molar-refractivity contribution in [1.82, 2.24) is 14.5 Å². The molecular formula is C15H15N3O2. The topological polar surface area (TPSA) is 71.2 Å². The van der Waals surface area contributed by atoms with Crippen LogP contribution in [0.2, 0.25) is 0 Å². The first-order valence-electron chi connectivity index (χ1n) is 6.43.